The highest BCUT2D eigenvalue weighted by Gasteiger charge is 2.26. The molecule has 1 aliphatic carbocycles. The molecule has 15 heavy (non-hydrogen) atoms. The number of hydrogen-bond acceptors (Lipinski definition) is 3. The van der Waals surface area contributed by atoms with E-state index in [1.165, 1.54) is 6.07 Å². The minimum atomic E-state index is -0.0707. The summed E-state index contributed by atoms with van der Waals surface area (Å²) in [6, 6.07) is 1.51. The highest BCUT2D eigenvalue weighted by Crippen LogP contribution is 2.37. The van der Waals surface area contributed by atoms with Crippen LogP contribution in [0.25, 0.3) is 0 Å². The van der Waals surface area contributed by atoms with Crippen LogP contribution < -0.4 is 10.9 Å². The molecule has 82 valence electrons. The van der Waals surface area contributed by atoms with E-state index in [1.54, 1.807) is 0 Å². The number of aromatic amines is 1. The van der Waals surface area contributed by atoms with Crippen LogP contribution in [0.4, 0.5) is 5.82 Å². The Bertz CT molecular complexity index is 413. The number of rotatable bonds is 2. The molecule has 1 fully saturated rings. The van der Waals surface area contributed by atoms with Crippen LogP contribution >= 0.6 is 0 Å². The first-order chi connectivity index (χ1) is 6.94. The van der Waals surface area contributed by atoms with Crippen molar-refractivity contribution in [3.05, 3.63) is 22.2 Å². The van der Waals surface area contributed by atoms with Crippen LogP contribution in [0.2, 0.25) is 0 Å². The molecule has 2 rings (SSSR count). The molecule has 0 unspecified atom stereocenters. The smallest absolute Gasteiger partial charge is 0.252 e. The lowest BCUT2D eigenvalue weighted by atomic mass is 10.1. The van der Waals surface area contributed by atoms with E-state index in [0.29, 0.717) is 11.7 Å². The first-order valence-electron chi connectivity index (χ1n) is 5.33. The van der Waals surface area contributed by atoms with Crippen molar-refractivity contribution < 1.29 is 0 Å². The Kier molecular flexibility index (Phi) is 2.29. The normalized spacial score (nSPS) is 16.5. The monoisotopic (exact) mass is 207 g/mol. The maximum atomic E-state index is 11.4. The van der Waals surface area contributed by atoms with Crippen molar-refractivity contribution in [2.75, 3.05) is 5.32 Å². The predicted octanol–water partition coefficient (Wildman–Crippen LogP) is 1.86. The Labute approximate surface area is 89.1 Å². The molecular weight excluding hydrogens is 190 g/mol. The number of hydrogen-bond donors (Lipinski definition) is 2. The van der Waals surface area contributed by atoms with Crippen LogP contribution in [0.5, 0.6) is 0 Å². The van der Waals surface area contributed by atoms with E-state index in [0.717, 1.165) is 18.7 Å². The van der Waals surface area contributed by atoms with Crippen molar-refractivity contribution in [3.63, 3.8) is 0 Å². The third kappa shape index (κ3) is 2.81. The van der Waals surface area contributed by atoms with Gasteiger partial charge in [0.1, 0.15) is 11.6 Å². The van der Waals surface area contributed by atoms with Crippen LogP contribution in [-0.2, 0) is 0 Å². The van der Waals surface area contributed by atoms with Gasteiger partial charge in [0.2, 0.25) is 0 Å². The molecule has 0 atom stereocenters. The number of H-pyrrole nitrogens is 1. The molecular formula is C11H17N3O. The Balaban J connectivity index is 2.27. The zero-order valence-electron chi connectivity index (χ0n) is 9.42. The fourth-order valence-electron chi connectivity index (χ4n) is 1.47. The SMILES string of the molecule is CC(C)(C)Nc1cc(=O)[nH]c(C2CC2)n1. The summed E-state index contributed by atoms with van der Waals surface area (Å²) < 4.78 is 0. The molecule has 0 saturated heterocycles. The van der Waals surface area contributed by atoms with Gasteiger partial charge in [0, 0.05) is 17.5 Å². The van der Waals surface area contributed by atoms with Gasteiger partial charge in [-0.2, -0.15) is 0 Å². The third-order valence-corrected chi connectivity index (χ3v) is 2.23. The Morgan fingerprint density at radius 1 is 1.47 bits per heavy atom. The van der Waals surface area contributed by atoms with Gasteiger partial charge in [-0.3, -0.25) is 4.79 Å². The minimum Gasteiger partial charge on any atom is -0.365 e. The molecule has 1 aliphatic rings. The third-order valence-electron chi connectivity index (χ3n) is 2.23. The van der Waals surface area contributed by atoms with E-state index in [4.69, 9.17) is 0 Å². The van der Waals surface area contributed by atoms with Crippen LogP contribution in [0.15, 0.2) is 10.9 Å². The fraction of sp³-hybridized carbons (Fsp3) is 0.636. The molecule has 1 aromatic rings. The molecule has 1 heterocycles. The lowest BCUT2D eigenvalue weighted by Gasteiger charge is -2.21. The van der Waals surface area contributed by atoms with Crippen LogP contribution in [0.3, 0.4) is 0 Å². The van der Waals surface area contributed by atoms with Crippen molar-refractivity contribution in [1.82, 2.24) is 9.97 Å². The highest BCUT2D eigenvalue weighted by atomic mass is 16.1. The maximum absolute atomic E-state index is 11.4. The van der Waals surface area contributed by atoms with E-state index < -0.39 is 0 Å². The second kappa shape index (κ2) is 3.36. The molecule has 1 aromatic heterocycles. The van der Waals surface area contributed by atoms with Crippen LogP contribution in [0.1, 0.15) is 45.4 Å². The van der Waals surface area contributed by atoms with E-state index >= 15 is 0 Å². The summed E-state index contributed by atoms with van der Waals surface area (Å²) >= 11 is 0. The molecule has 0 radical (unpaired) electrons. The molecule has 1 saturated carbocycles. The molecule has 2 N–H and O–H groups in total. The largest absolute Gasteiger partial charge is 0.365 e. The summed E-state index contributed by atoms with van der Waals surface area (Å²) in [7, 11) is 0. The Morgan fingerprint density at radius 2 is 2.13 bits per heavy atom. The second-order valence-electron chi connectivity index (χ2n) is 5.17. The Morgan fingerprint density at radius 3 is 2.67 bits per heavy atom. The lowest BCUT2D eigenvalue weighted by molar-refractivity contribution is 0.628. The average molecular weight is 207 g/mol. The summed E-state index contributed by atoms with van der Waals surface area (Å²) in [5.74, 6) is 1.97. The summed E-state index contributed by atoms with van der Waals surface area (Å²) in [4.78, 5) is 18.6. The van der Waals surface area contributed by atoms with Gasteiger partial charge in [0.05, 0.1) is 0 Å². The van der Waals surface area contributed by atoms with Crippen molar-refractivity contribution >= 4 is 5.82 Å². The van der Waals surface area contributed by atoms with Gasteiger partial charge < -0.3 is 10.3 Å². The predicted molar refractivity (Wildman–Crippen MR) is 60.2 cm³/mol. The number of nitrogens with zero attached hydrogens (tertiary/aromatic N) is 1. The molecule has 0 aromatic carbocycles. The summed E-state index contributed by atoms with van der Waals surface area (Å²) in [6.45, 7) is 6.14. The average Bonchev–Trinajstić information content (AvgIpc) is 2.80. The summed E-state index contributed by atoms with van der Waals surface area (Å²) in [5.41, 5.74) is -0.139. The Hall–Kier alpha value is -1.32. The van der Waals surface area contributed by atoms with Gasteiger partial charge in [0.15, 0.2) is 0 Å². The minimum absolute atomic E-state index is 0.0678. The van der Waals surface area contributed by atoms with E-state index in [2.05, 4.69) is 15.3 Å². The van der Waals surface area contributed by atoms with Gasteiger partial charge in [0.25, 0.3) is 5.56 Å². The molecule has 0 aliphatic heterocycles. The van der Waals surface area contributed by atoms with Crippen LogP contribution in [0, 0.1) is 0 Å². The molecule has 0 amide bonds. The van der Waals surface area contributed by atoms with Crippen molar-refractivity contribution in [2.24, 2.45) is 0 Å². The number of anilines is 1. The topological polar surface area (TPSA) is 57.8 Å². The lowest BCUT2D eigenvalue weighted by Crippen LogP contribution is -2.28. The van der Waals surface area contributed by atoms with Gasteiger partial charge in [-0.05, 0) is 33.6 Å². The molecule has 0 bridgehead atoms. The standard InChI is InChI=1S/C11H17N3O/c1-11(2,3)14-8-6-9(15)13-10(12-8)7-4-5-7/h6-7H,4-5H2,1-3H3,(H2,12,13,14,15). The molecule has 0 spiro atoms. The van der Waals surface area contributed by atoms with Crippen molar-refractivity contribution in [3.8, 4) is 0 Å². The number of aromatic nitrogens is 2. The first-order valence-corrected chi connectivity index (χ1v) is 5.33. The molecule has 4 heteroatoms. The zero-order valence-corrected chi connectivity index (χ0v) is 9.42. The quantitative estimate of drug-likeness (QED) is 0.778. The van der Waals surface area contributed by atoms with E-state index in [-0.39, 0.29) is 11.1 Å². The fourth-order valence-corrected chi connectivity index (χ4v) is 1.47. The molecule has 4 nitrogen and oxygen atoms in total. The second-order valence-corrected chi connectivity index (χ2v) is 5.17. The highest BCUT2D eigenvalue weighted by molar-refractivity contribution is 5.36. The van der Waals surface area contributed by atoms with Gasteiger partial charge in [-0.25, -0.2) is 4.98 Å². The van der Waals surface area contributed by atoms with Gasteiger partial charge in [-0.15, -0.1) is 0 Å². The number of nitrogens with one attached hydrogen (secondary N) is 2. The first kappa shape index (κ1) is 10.2. The summed E-state index contributed by atoms with van der Waals surface area (Å²) in [5, 5.41) is 3.21. The maximum Gasteiger partial charge on any atom is 0.252 e. The van der Waals surface area contributed by atoms with E-state index in [9.17, 15) is 4.79 Å². The summed E-state index contributed by atoms with van der Waals surface area (Å²) in [6.07, 6.45) is 2.28. The van der Waals surface area contributed by atoms with Gasteiger partial charge in [-0.1, -0.05) is 0 Å². The zero-order chi connectivity index (χ0) is 11.1. The van der Waals surface area contributed by atoms with Gasteiger partial charge >= 0.3 is 0 Å². The van der Waals surface area contributed by atoms with E-state index in [1.807, 2.05) is 20.8 Å². The van der Waals surface area contributed by atoms with Crippen molar-refractivity contribution in [1.29, 1.82) is 0 Å². The van der Waals surface area contributed by atoms with Crippen molar-refractivity contribution in [2.45, 2.75) is 45.1 Å². The van der Waals surface area contributed by atoms with Crippen LogP contribution in [-0.4, -0.2) is 15.5 Å².